The quantitative estimate of drug-likeness (QED) is 0.591. The molecule has 0 aliphatic carbocycles. The Kier molecular flexibility index (Phi) is 7.86. The Morgan fingerprint density at radius 2 is 1.79 bits per heavy atom. The Bertz CT molecular complexity index is 946. The summed E-state index contributed by atoms with van der Waals surface area (Å²) >= 11 is 0. The predicted molar refractivity (Wildman–Crippen MR) is 112 cm³/mol. The Morgan fingerprint density at radius 3 is 2.41 bits per heavy atom. The molecule has 9 heteroatoms. The standard InChI is InChI=1S/C20H26N2O6S/c1-15-7-5-6-8-17(15)22(29(4,24)25)14-20(23)21-16-9-10-18(27-3)19(13-16)28-12-11-26-2/h5-10,13H,11-12,14H2,1-4H3,(H,21,23). The van der Waals surface area contributed by atoms with E-state index in [1.165, 1.54) is 7.11 Å². The van der Waals surface area contributed by atoms with Crippen molar-refractivity contribution in [2.24, 2.45) is 0 Å². The number of sulfonamides is 1. The van der Waals surface area contributed by atoms with Gasteiger partial charge in [-0.15, -0.1) is 0 Å². The Balaban J connectivity index is 2.18. The van der Waals surface area contributed by atoms with Crippen molar-refractivity contribution in [1.82, 2.24) is 0 Å². The summed E-state index contributed by atoms with van der Waals surface area (Å²) in [4.78, 5) is 12.6. The molecule has 158 valence electrons. The van der Waals surface area contributed by atoms with E-state index in [0.717, 1.165) is 16.1 Å². The van der Waals surface area contributed by atoms with Gasteiger partial charge < -0.3 is 19.5 Å². The first-order valence-electron chi connectivity index (χ1n) is 8.89. The second kappa shape index (κ2) is 10.1. The molecule has 0 heterocycles. The van der Waals surface area contributed by atoms with E-state index in [-0.39, 0.29) is 6.54 Å². The van der Waals surface area contributed by atoms with Crippen molar-refractivity contribution in [2.75, 3.05) is 49.9 Å². The highest BCUT2D eigenvalue weighted by Gasteiger charge is 2.22. The maximum absolute atomic E-state index is 12.6. The van der Waals surface area contributed by atoms with Gasteiger partial charge in [-0.3, -0.25) is 9.10 Å². The molecule has 2 aromatic rings. The number of rotatable bonds is 10. The van der Waals surface area contributed by atoms with Gasteiger partial charge in [-0.2, -0.15) is 0 Å². The molecule has 0 aliphatic heterocycles. The lowest BCUT2D eigenvalue weighted by Gasteiger charge is -2.23. The highest BCUT2D eigenvalue weighted by atomic mass is 32.2. The molecule has 0 aromatic heterocycles. The number of nitrogens with zero attached hydrogens (tertiary/aromatic N) is 1. The third-order valence-corrected chi connectivity index (χ3v) is 5.19. The maximum Gasteiger partial charge on any atom is 0.245 e. The average Bonchev–Trinajstić information content (AvgIpc) is 2.66. The van der Waals surface area contributed by atoms with Crippen molar-refractivity contribution >= 4 is 27.3 Å². The number of carbonyl (C=O) groups is 1. The van der Waals surface area contributed by atoms with Crippen LogP contribution in [0.15, 0.2) is 42.5 Å². The van der Waals surface area contributed by atoms with Crippen LogP contribution in [0, 0.1) is 6.92 Å². The Hall–Kier alpha value is -2.78. The van der Waals surface area contributed by atoms with E-state index < -0.39 is 15.9 Å². The van der Waals surface area contributed by atoms with E-state index >= 15 is 0 Å². The molecule has 1 amide bonds. The zero-order valence-electron chi connectivity index (χ0n) is 17.0. The average molecular weight is 423 g/mol. The van der Waals surface area contributed by atoms with Crippen LogP contribution in [0.1, 0.15) is 5.56 Å². The number of para-hydroxylation sites is 1. The van der Waals surface area contributed by atoms with Crippen LogP contribution in [0.4, 0.5) is 11.4 Å². The smallest absolute Gasteiger partial charge is 0.245 e. The van der Waals surface area contributed by atoms with Gasteiger partial charge in [0, 0.05) is 18.9 Å². The SMILES string of the molecule is COCCOc1cc(NC(=O)CN(c2ccccc2C)S(C)(=O)=O)ccc1OC. The van der Waals surface area contributed by atoms with E-state index in [1.54, 1.807) is 50.4 Å². The molecule has 2 aromatic carbocycles. The highest BCUT2D eigenvalue weighted by Crippen LogP contribution is 2.30. The van der Waals surface area contributed by atoms with E-state index in [9.17, 15) is 13.2 Å². The topological polar surface area (TPSA) is 94.2 Å². The minimum Gasteiger partial charge on any atom is -0.493 e. The number of methoxy groups -OCH3 is 2. The largest absolute Gasteiger partial charge is 0.493 e. The zero-order chi connectivity index (χ0) is 21.4. The van der Waals surface area contributed by atoms with E-state index in [4.69, 9.17) is 14.2 Å². The molecule has 0 radical (unpaired) electrons. The molecule has 0 aliphatic rings. The fraction of sp³-hybridized carbons (Fsp3) is 0.350. The lowest BCUT2D eigenvalue weighted by atomic mass is 10.2. The van der Waals surface area contributed by atoms with Crippen molar-refractivity contribution in [3.8, 4) is 11.5 Å². The van der Waals surface area contributed by atoms with E-state index in [2.05, 4.69) is 5.32 Å². The number of anilines is 2. The predicted octanol–water partition coefficient (Wildman–Crippen LogP) is 2.43. The summed E-state index contributed by atoms with van der Waals surface area (Å²) in [5.41, 5.74) is 1.67. The van der Waals surface area contributed by atoms with Crippen molar-refractivity contribution in [3.05, 3.63) is 48.0 Å². The summed E-state index contributed by atoms with van der Waals surface area (Å²) in [7, 11) is -0.562. The molecule has 0 atom stereocenters. The summed E-state index contributed by atoms with van der Waals surface area (Å²) in [5, 5.41) is 2.70. The summed E-state index contributed by atoms with van der Waals surface area (Å²) in [6.07, 6.45) is 1.07. The van der Waals surface area contributed by atoms with Crippen molar-refractivity contribution in [2.45, 2.75) is 6.92 Å². The van der Waals surface area contributed by atoms with Crippen molar-refractivity contribution in [3.63, 3.8) is 0 Å². The van der Waals surface area contributed by atoms with E-state index in [0.29, 0.717) is 36.1 Å². The second-order valence-electron chi connectivity index (χ2n) is 6.31. The van der Waals surface area contributed by atoms with Crippen LogP contribution in [0.3, 0.4) is 0 Å². The first-order valence-corrected chi connectivity index (χ1v) is 10.7. The normalized spacial score (nSPS) is 11.0. The summed E-state index contributed by atoms with van der Waals surface area (Å²) in [5.74, 6) is 0.477. The number of nitrogens with one attached hydrogen (secondary N) is 1. The van der Waals surface area contributed by atoms with Crippen LogP contribution in [0.2, 0.25) is 0 Å². The molecule has 29 heavy (non-hydrogen) atoms. The Labute approximate surface area is 171 Å². The lowest BCUT2D eigenvalue weighted by Crippen LogP contribution is -2.37. The van der Waals surface area contributed by atoms with Gasteiger partial charge in [0.15, 0.2) is 11.5 Å². The van der Waals surface area contributed by atoms with Crippen LogP contribution in [0.25, 0.3) is 0 Å². The molecule has 0 bridgehead atoms. The molecule has 0 fully saturated rings. The highest BCUT2D eigenvalue weighted by molar-refractivity contribution is 7.92. The first-order chi connectivity index (χ1) is 13.8. The van der Waals surface area contributed by atoms with Gasteiger partial charge in [0.2, 0.25) is 15.9 Å². The van der Waals surface area contributed by atoms with Gasteiger partial charge in [0.25, 0.3) is 0 Å². The van der Waals surface area contributed by atoms with Crippen LogP contribution in [-0.4, -0.2) is 54.6 Å². The second-order valence-corrected chi connectivity index (χ2v) is 8.22. The maximum atomic E-state index is 12.6. The number of benzene rings is 2. The van der Waals surface area contributed by atoms with Crippen molar-refractivity contribution in [1.29, 1.82) is 0 Å². The molecule has 0 saturated carbocycles. The first kappa shape index (κ1) is 22.5. The molecular weight excluding hydrogens is 396 g/mol. The van der Waals surface area contributed by atoms with Gasteiger partial charge in [-0.05, 0) is 30.7 Å². The van der Waals surface area contributed by atoms with Crippen LogP contribution >= 0.6 is 0 Å². The van der Waals surface area contributed by atoms with Crippen molar-refractivity contribution < 1.29 is 27.4 Å². The lowest BCUT2D eigenvalue weighted by molar-refractivity contribution is -0.114. The third-order valence-electron chi connectivity index (χ3n) is 4.06. The number of hydrogen-bond donors (Lipinski definition) is 1. The van der Waals surface area contributed by atoms with Gasteiger partial charge >= 0.3 is 0 Å². The fourth-order valence-electron chi connectivity index (χ4n) is 2.66. The monoisotopic (exact) mass is 422 g/mol. The minimum atomic E-state index is -3.65. The third kappa shape index (κ3) is 6.37. The minimum absolute atomic E-state index is 0.319. The summed E-state index contributed by atoms with van der Waals surface area (Å²) < 4.78 is 41.4. The van der Waals surface area contributed by atoms with Gasteiger partial charge in [0.1, 0.15) is 13.2 Å². The summed E-state index contributed by atoms with van der Waals surface area (Å²) in [6, 6.07) is 11.9. The number of carbonyl (C=O) groups excluding carboxylic acids is 1. The van der Waals surface area contributed by atoms with Gasteiger partial charge in [-0.1, -0.05) is 18.2 Å². The molecule has 0 spiro atoms. The molecule has 2 rings (SSSR count). The molecule has 0 unspecified atom stereocenters. The number of ether oxygens (including phenoxy) is 3. The zero-order valence-corrected chi connectivity index (χ0v) is 17.8. The summed E-state index contributed by atoms with van der Waals surface area (Å²) in [6.45, 7) is 2.16. The van der Waals surface area contributed by atoms with Gasteiger partial charge in [-0.25, -0.2) is 8.42 Å². The molecule has 0 saturated heterocycles. The van der Waals surface area contributed by atoms with Crippen LogP contribution in [-0.2, 0) is 19.6 Å². The number of amides is 1. The van der Waals surface area contributed by atoms with E-state index in [1.807, 2.05) is 6.07 Å². The number of aryl methyl sites for hydroxylation is 1. The van der Waals surface area contributed by atoms with Crippen LogP contribution < -0.4 is 19.1 Å². The van der Waals surface area contributed by atoms with Crippen LogP contribution in [0.5, 0.6) is 11.5 Å². The Morgan fingerprint density at radius 1 is 1.07 bits per heavy atom. The molecule has 1 N–H and O–H groups in total. The number of hydrogen-bond acceptors (Lipinski definition) is 6. The molecule has 8 nitrogen and oxygen atoms in total. The van der Waals surface area contributed by atoms with Gasteiger partial charge in [0.05, 0.1) is 25.7 Å². The fourth-order valence-corrected chi connectivity index (χ4v) is 3.57. The molecular formula is C20H26N2O6S.